The first kappa shape index (κ1) is 60.7. The van der Waals surface area contributed by atoms with Gasteiger partial charge in [0.25, 0.3) is 0 Å². The van der Waals surface area contributed by atoms with Crippen LogP contribution in [0.15, 0.2) is 334 Å². The molecule has 0 bridgehead atoms. The van der Waals surface area contributed by atoms with Crippen molar-refractivity contribution in [2.75, 3.05) is 0 Å². The number of hydrogen-bond donors (Lipinski definition) is 0. The van der Waals surface area contributed by atoms with Gasteiger partial charge in [0.1, 0.15) is 0 Å². The number of rotatable bonds is 8. The molecule has 0 saturated carbocycles. The largest absolute Gasteiger partial charge is 0.255 e. The van der Waals surface area contributed by atoms with Crippen LogP contribution >= 0.6 is 11.3 Å². The molecule has 0 aliphatic heterocycles. The van der Waals surface area contributed by atoms with Crippen molar-refractivity contribution < 1.29 is 0 Å². The van der Waals surface area contributed by atoms with Gasteiger partial charge in [-0.15, -0.1) is 11.3 Å². The summed E-state index contributed by atoms with van der Waals surface area (Å²) >= 11 is 1.89. The van der Waals surface area contributed by atoms with Crippen LogP contribution in [-0.2, 0) is 5.41 Å². The Morgan fingerprint density at radius 3 is 1.25 bits per heavy atom. The lowest BCUT2D eigenvalue weighted by molar-refractivity contribution is 0.666. The molecule has 7 nitrogen and oxygen atoms in total. The van der Waals surface area contributed by atoms with Gasteiger partial charge in [0.05, 0.1) is 5.69 Å². The maximum Gasteiger partial charge on any atom is 0.165 e. The topological polar surface area (TPSA) is 90.2 Å². The summed E-state index contributed by atoms with van der Waals surface area (Å²) in [7, 11) is 0. The predicted molar refractivity (Wildman–Crippen MR) is 434 cm³/mol. The van der Waals surface area contributed by atoms with Crippen molar-refractivity contribution in [1.82, 2.24) is 34.9 Å². The van der Waals surface area contributed by atoms with Gasteiger partial charge in [0.2, 0.25) is 0 Å². The first-order valence-corrected chi connectivity index (χ1v) is 36.1. The highest BCUT2D eigenvalue weighted by atomic mass is 32.1. The van der Waals surface area contributed by atoms with Gasteiger partial charge in [0.15, 0.2) is 34.9 Å². The Kier molecular flexibility index (Phi) is 14.3. The lowest BCUT2D eigenvalue weighted by Crippen LogP contribution is -2.15. The first-order chi connectivity index (χ1) is 51.3. The number of pyridine rings is 1. The van der Waals surface area contributed by atoms with Gasteiger partial charge in [-0.3, -0.25) is 4.98 Å². The quantitative estimate of drug-likeness (QED) is 0.140. The number of nitrogens with zero attached hydrogens (tertiary/aromatic N) is 7. The number of hydrogen-bond acceptors (Lipinski definition) is 8. The summed E-state index contributed by atoms with van der Waals surface area (Å²) in [5.74, 6) is 3.84. The molecule has 8 heteroatoms. The number of benzene rings is 16. The third kappa shape index (κ3) is 10.2. The SMILES string of the molecule is CC1(C)c2ccccc2-c2ccc3c(ccc4ccc5cc(-c6ccc(-c7nc(-c8ccccc8)nc(-c8ccccc8)n7)cn6)ccc5c43)c21.c1ccc(-c2nc(-c3ccccc3)nc(-c3ccc(-c4ccc5c(ccc6ccc7c(ccc8c9ccccc9sc87)c65)c4)c4ccccc34)n2)cc1. The van der Waals surface area contributed by atoms with Gasteiger partial charge < -0.3 is 0 Å². The molecule has 486 valence electrons. The minimum Gasteiger partial charge on any atom is -0.255 e. The van der Waals surface area contributed by atoms with Crippen molar-refractivity contribution in [2.45, 2.75) is 19.3 Å². The van der Waals surface area contributed by atoms with E-state index in [-0.39, 0.29) is 5.41 Å². The van der Waals surface area contributed by atoms with Gasteiger partial charge in [-0.2, -0.15) is 0 Å². The molecule has 0 atom stereocenters. The molecule has 4 aromatic heterocycles. The van der Waals surface area contributed by atoms with E-state index in [9.17, 15) is 0 Å². The molecule has 20 aromatic rings. The minimum absolute atomic E-state index is 0.0672. The standard InChI is InChI=1S/C49H29N3S.C47H32N4/c1-3-11-31(12-4-1)47-50-48(32-13-5-2-6-14-32)52-49(51-47)43-28-25-35(37-15-7-8-16-38(37)43)33-22-23-36-34(29-33)20-19-30-21-24-42-40(45(30)36)26-27-41-39-17-9-10-18-44(39)53-46(41)42;1-47(2)40-16-10-9-15-36(40)38-25-24-37-39(43(38)47)23-19-29-17-18-32-27-33(20-22-35(32)42(29)37)41-26-21-34(28-48-41)46-50-44(30-11-5-3-6-12-30)49-45(51-46)31-13-7-4-8-14-31/h1-29H;3-28H,1-2H3. The monoisotopic (exact) mass is 1340 g/mol. The lowest BCUT2D eigenvalue weighted by atomic mass is 9.79. The van der Waals surface area contributed by atoms with E-state index in [1.165, 1.54) is 118 Å². The third-order valence-electron chi connectivity index (χ3n) is 21.0. The number of aromatic nitrogens is 7. The van der Waals surface area contributed by atoms with E-state index in [1.807, 2.05) is 139 Å². The maximum atomic E-state index is 5.06. The molecule has 0 saturated heterocycles. The number of thiophene rings is 1. The van der Waals surface area contributed by atoms with Crippen molar-refractivity contribution >= 4 is 107 Å². The van der Waals surface area contributed by atoms with Crippen molar-refractivity contribution in [3.05, 3.63) is 345 Å². The van der Waals surface area contributed by atoms with Crippen LogP contribution < -0.4 is 0 Å². The fourth-order valence-electron chi connectivity index (χ4n) is 16.1. The van der Waals surface area contributed by atoms with Crippen LogP contribution in [0.1, 0.15) is 25.0 Å². The van der Waals surface area contributed by atoms with Crippen LogP contribution in [0.2, 0.25) is 0 Å². The Hall–Kier alpha value is -13.3. The highest BCUT2D eigenvalue weighted by molar-refractivity contribution is 7.26. The van der Waals surface area contributed by atoms with E-state index in [2.05, 4.69) is 220 Å². The minimum atomic E-state index is -0.0672. The summed E-state index contributed by atoms with van der Waals surface area (Å²) in [4.78, 5) is 34.5. The van der Waals surface area contributed by atoms with Crippen LogP contribution in [0, 0.1) is 0 Å². The average Bonchev–Trinajstić information content (AvgIpc) is 1.62. The maximum absolute atomic E-state index is 5.06. The molecule has 0 spiro atoms. The smallest absolute Gasteiger partial charge is 0.165 e. The van der Waals surface area contributed by atoms with Crippen molar-refractivity contribution in [3.63, 3.8) is 0 Å². The fraction of sp³-hybridized carbons (Fsp3) is 0.0312. The van der Waals surface area contributed by atoms with Gasteiger partial charge in [-0.1, -0.05) is 305 Å². The normalized spacial score (nSPS) is 12.4. The molecule has 21 rings (SSSR count). The summed E-state index contributed by atoms with van der Waals surface area (Å²) in [5, 5.41) is 20.2. The molecule has 0 amide bonds. The molecule has 104 heavy (non-hydrogen) atoms. The van der Waals surface area contributed by atoms with Crippen LogP contribution in [0.4, 0.5) is 0 Å². The van der Waals surface area contributed by atoms with E-state index in [1.54, 1.807) is 0 Å². The van der Waals surface area contributed by atoms with Gasteiger partial charge >= 0.3 is 0 Å². The Bertz CT molecular complexity index is 6740. The summed E-state index contributed by atoms with van der Waals surface area (Å²) in [6.07, 6.45) is 1.87. The Labute approximate surface area is 603 Å². The summed E-state index contributed by atoms with van der Waals surface area (Å²) in [6.45, 7) is 4.72. The summed E-state index contributed by atoms with van der Waals surface area (Å²) < 4.78 is 2.69. The van der Waals surface area contributed by atoms with E-state index < -0.39 is 0 Å². The molecule has 0 radical (unpaired) electrons. The van der Waals surface area contributed by atoms with Crippen LogP contribution in [0.5, 0.6) is 0 Å². The van der Waals surface area contributed by atoms with Crippen LogP contribution in [0.25, 0.3) is 197 Å². The molecule has 0 fully saturated rings. The molecule has 0 N–H and O–H groups in total. The zero-order valence-electron chi connectivity index (χ0n) is 56.8. The zero-order valence-corrected chi connectivity index (χ0v) is 57.6. The molecule has 4 heterocycles. The molecule has 16 aromatic carbocycles. The lowest BCUT2D eigenvalue weighted by Gasteiger charge is -2.23. The molecule has 0 unspecified atom stereocenters. The van der Waals surface area contributed by atoms with E-state index in [0.717, 1.165) is 55.4 Å². The van der Waals surface area contributed by atoms with Crippen molar-refractivity contribution in [3.8, 4) is 102 Å². The van der Waals surface area contributed by atoms with E-state index >= 15 is 0 Å². The van der Waals surface area contributed by atoms with Crippen molar-refractivity contribution in [1.29, 1.82) is 0 Å². The Morgan fingerprint density at radius 2 is 0.654 bits per heavy atom. The molecular weight excluding hydrogens is 1280 g/mol. The summed E-state index contributed by atoms with van der Waals surface area (Å²) in [5.41, 5.74) is 15.4. The van der Waals surface area contributed by atoms with E-state index in [4.69, 9.17) is 34.9 Å². The highest BCUT2D eigenvalue weighted by Gasteiger charge is 2.37. The Balaban J connectivity index is 0.000000139. The highest BCUT2D eigenvalue weighted by Crippen LogP contribution is 2.53. The third-order valence-corrected chi connectivity index (χ3v) is 22.3. The predicted octanol–water partition coefficient (Wildman–Crippen LogP) is 25.2. The van der Waals surface area contributed by atoms with Gasteiger partial charge in [0, 0.05) is 76.1 Å². The molecule has 1 aliphatic rings. The van der Waals surface area contributed by atoms with E-state index in [0.29, 0.717) is 34.9 Å². The fourth-order valence-corrected chi connectivity index (χ4v) is 17.3. The van der Waals surface area contributed by atoms with Crippen LogP contribution in [0.3, 0.4) is 0 Å². The molecule has 1 aliphatic carbocycles. The summed E-state index contributed by atoms with van der Waals surface area (Å²) in [6, 6.07) is 116. The second kappa shape index (κ2) is 24.5. The number of fused-ring (bicyclic) bond motifs is 19. The van der Waals surface area contributed by atoms with Crippen molar-refractivity contribution in [2.24, 2.45) is 0 Å². The first-order valence-electron chi connectivity index (χ1n) is 35.2. The molecular formula is C96H61N7S. The second-order valence-corrected chi connectivity index (χ2v) is 28.5. The zero-order chi connectivity index (χ0) is 69.0. The Morgan fingerprint density at radius 1 is 0.250 bits per heavy atom. The second-order valence-electron chi connectivity index (χ2n) is 27.4. The van der Waals surface area contributed by atoms with Crippen LogP contribution in [-0.4, -0.2) is 34.9 Å². The van der Waals surface area contributed by atoms with Gasteiger partial charge in [-0.25, -0.2) is 29.9 Å². The van der Waals surface area contributed by atoms with Gasteiger partial charge in [-0.05, 0) is 140 Å². The average molecular weight is 1340 g/mol.